The van der Waals surface area contributed by atoms with Gasteiger partial charge in [0.2, 0.25) is 0 Å². The van der Waals surface area contributed by atoms with Crippen molar-refractivity contribution in [2.75, 3.05) is 0 Å². The average Bonchev–Trinajstić information content (AvgIpc) is 2.74. The molecule has 0 amide bonds. The van der Waals surface area contributed by atoms with Gasteiger partial charge in [-0.05, 0) is 56.8 Å². The van der Waals surface area contributed by atoms with Gasteiger partial charge in [-0.25, -0.2) is 0 Å². The zero-order valence-corrected chi connectivity index (χ0v) is 14.5. The summed E-state index contributed by atoms with van der Waals surface area (Å²) in [6, 6.07) is 0. The summed E-state index contributed by atoms with van der Waals surface area (Å²) in [5, 5.41) is 0. The lowest BCUT2D eigenvalue weighted by Crippen LogP contribution is -2.16. The summed E-state index contributed by atoms with van der Waals surface area (Å²) < 4.78 is 6.26. The molecule has 0 bridgehead atoms. The molecule has 1 aliphatic rings. The summed E-state index contributed by atoms with van der Waals surface area (Å²) in [6.45, 7) is 15.5. The minimum Gasteiger partial charge on any atom is -0.375 e. The third kappa shape index (κ3) is 5.99. The smallest absolute Gasteiger partial charge is 0.0605 e. The van der Waals surface area contributed by atoms with Crippen LogP contribution >= 0.6 is 0 Å². The zero-order chi connectivity index (χ0) is 15.1. The number of rotatable bonds is 9. The predicted octanol–water partition coefficient (Wildman–Crippen LogP) is 5.99. The fourth-order valence-electron chi connectivity index (χ4n) is 3.34. The van der Waals surface area contributed by atoms with E-state index in [0.717, 1.165) is 11.8 Å². The van der Waals surface area contributed by atoms with Gasteiger partial charge in [-0.15, -0.1) is 0 Å². The first-order valence-corrected chi connectivity index (χ1v) is 8.74. The molecule has 1 heteroatoms. The molecule has 0 N–H and O–H groups in total. The molecule has 1 aliphatic heterocycles. The maximum atomic E-state index is 6.26. The zero-order valence-electron chi connectivity index (χ0n) is 14.5. The molecule has 20 heavy (non-hydrogen) atoms. The van der Waals surface area contributed by atoms with Gasteiger partial charge >= 0.3 is 0 Å². The molecule has 0 spiro atoms. The first kappa shape index (κ1) is 17.8. The van der Waals surface area contributed by atoms with Gasteiger partial charge in [0, 0.05) is 0 Å². The molecule has 0 aromatic rings. The predicted molar refractivity (Wildman–Crippen MR) is 89.0 cm³/mol. The Labute approximate surface area is 127 Å². The summed E-state index contributed by atoms with van der Waals surface area (Å²) >= 11 is 0. The number of hydrogen-bond donors (Lipinski definition) is 0. The van der Waals surface area contributed by atoms with Crippen molar-refractivity contribution < 1.29 is 4.74 Å². The highest BCUT2D eigenvalue weighted by molar-refractivity contribution is 4.94. The van der Waals surface area contributed by atoms with E-state index in [2.05, 4.69) is 41.2 Å². The molecule has 1 heterocycles. The van der Waals surface area contributed by atoms with Crippen molar-refractivity contribution in [2.45, 2.75) is 91.8 Å². The SMILES string of the molecule is C=C(C)C(C)CC(C)CCC1OC(CCCC)CC1C. The molecule has 1 rings (SSSR count). The Morgan fingerprint density at radius 2 is 2.00 bits per heavy atom. The summed E-state index contributed by atoms with van der Waals surface area (Å²) in [4.78, 5) is 0. The second-order valence-electron chi connectivity index (χ2n) is 7.32. The quantitative estimate of drug-likeness (QED) is 0.471. The number of hydrogen-bond acceptors (Lipinski definition) is 1. The van der Waals surface area contributed by atoms with E-state index in [1.54, 1.807) is 0 Å². The minimum absolute atomic E-state index is 0.513. The topological polar surface area (TPSA) is 9.23 Å². The van der Waals surface area contributed by atoms with Gasteiger partial charge in [0.05, 0.1) is 12.2 Å². The van der Waals surface area contributed by atoms with Gasteiger partial charge in [-0.3, -0.25) is 0 Å². The van der Waals surface area contributed by atoms with Crippen LogP contribution in [0.25, 0.3) is 0 Å². The lowest BCUT2D eigenvalue weighted by molar-refractivity contribution is 0.0229. The van der Waals surface area contributed by atoms with Crippen molar-refractivity contribution in [1.29, 1.82) is 0 Å². The van der Waals surface area contributed by atoms with Crippen molar-refractivity contribution in [1.82, 2.24) is 0 Å². The van der Waals surface area contributed by atoms with E-state index in [1.807, 2.05) is 0 Å². The number of allylic oxidation sites excluding steroid dienone is 1. The van der Waals surface area contributed by atoms with Crippen molar-refractivity contribution in [2.24, 2.45) is 17.8 Å². The summed E-state index contributed by atoms with van der Waals surface area (Å²) in [6.07, 6.45) is 10.0. The molecule has 0 aromatic carbocycles. The summed E-state index contributed by atoms with van der Waals surface area (Å²) in [5.41, 5.74) is 1.32. The minimum atomic E-state index is 0.513. The molecule has 5 atom stereocenters. The molecular formula is C19H36O. The van der Waals surface area contributed by atoms with Gasteiger partial charge in [0.25, 0.3) is 0 Å². The van der Waals surface area contributed by atoms with Crippen LogP contribution in [0.5, 0.6) is 0 Å². The van der Waals surface area contributed by atoms with Crippen LogP contribution in [0.3, 0.4) is 0 Å². The Morgan fingerprint density at radius 3 is 2.60 bits per heavy atom. The first-order valence-electron chi connectivity index (χ1n) is 8.74. The third-order valence-electron chi connectivity index (χ3n) is 5.06. The molecule has 0 aliphatic carbocycles. The Kier molecular flexibility index (Phi) is 7.87. The van der Waals surface area contributed by atoms with E-state index >= 15 is 0 Å². The van der Waals surface area contributed by atoms with Crippen LogP contribution in [0.2, 0.25) is 0 Å². The maximum Gasteiger partial charge on any atom is 0.0605 e. The average molecular weight is 280 g/mol. The molecule has 0 aromatic heterocycles. The van der Waals surface area contributed by atoms with Crippen molar-refractivity contribution in [3.05, 3.63) is 12.2 Å². The van der Waals surface area contributed by atoms with Crippen LogP contribution in [-0.2, 0) is 4.74 Å². The van der Waals surface area contributed by atoms with Crippen LogP contribution in [0.15, 0.2) is 12.2 Å². The molecule has 118 valence electrons. The van der Waals surface area contributed by atoms with Gasteiger partial charge in [0.1, 0.15) is 0 Å². The summed E-state index contributed by atoms with van der Waals surface area (Å²) in [5.74, 6) is 2.19. The number of ether oxygens (including phenoxy) is 1. The van der Waals surface area contributed by atoms with Crippen molar-refractivity contribution in [3.63, 3.8) is 0 Å². The van der Waals surface area contributed by atoms with Crippen LogP contribution in [0, 0.1) is 17.8 Å². The van der Waals surface area contributed by atoms with E-state index in [-0.39, 0.29) is 0 Å². The molecule has 0 saturated carbocycles. The van der Waals surface area contributed by atoms with Crippen LogP contribution in [0.4, 0.5) is 0 Å². The first-order chi connectivity index (χ1) is 9.43. The third-order valence-corrected chi connectivity index (χ3v) is 5.06. The van der Waals surface area contributed by atoms with E-state index in [1.165, 1.54) is 50.5 Å². The van der Waals surface area contributed by atoms with E-state index in [4.69, 9.17) is 4.74 Å². The molecule has 0 radical (unpaired) electrons. The highest BCUT2D eigenvalue weighted by Crippen LogP contribution is 2.33. The molecular weight excluding hydrogens is 244 g/mol. The largest absolute Gasteiger partial charge is 0.375 e. The normalized spacial score (nSPS) is 29.4. The van der Waals surface area contributed by atoms with Gasteiger partial charge < -0.3 is 4.74 Å². The van der Waals surface area contributed by atoms with E-state index in [0.29, 0.717) is 18.1 Å². The van der Waals surface area contributed by atoms with E-state index < -0.39 is 0 Å². The lowest BCUT2D eigenvalue weighted by atomic mass is 9.87. The second kappa shape index (κ2) is 8.87. The number of unbranched alkanes of at least 4 members (excludes halogenated alkanes) is 1. The molecule has 1 nitrogen and oxygen atoms in total. The Balaban J connectivity index is 2.25. The van der Waals surface area contributed by atoms with Gasteiger partial charge in [-0.1, -0.05) is 52.7 Å². The molecule has 1 saturated heterocycles. The maximum absolute atomic E-state index is 6.26. The second-order valence-corrected chi connectivity index (χ2v) is 7.32. The van der Waals surface area contributed by atoms with Gasteiger partial charge in [0.15, 0.2) is 0 Å². The highest BCUT2D eigenvalue weighted by Gasteiger charge is 2.31. The Hall–Kier alpha value is -0.300. The fourth-order valence-corrected chi connectivity index (χ4v) is 3.34. The lowest BCUT2D eigenvalue weighted by Gasteiger charge is -2.21. The monoisotopic (exact) mass is 280 g/mol. The van der Waals surface area contributed by atoms with Crippen LogP contribution < -0.4 is 0 Å². The highest BCUT2D eigenvalue weighted by atomic mass is 16.5. The molecule has 1 fully saturated rings. The van der Waals surface area contributed by atoms with Crippen molar-refractivity contribution >= 4 is 0 Å². The van der Waals surface area contributed by atoms with Crippen LogP contribution in [0.1, 0.15) is 79.6 Å². The standard InChI is InChI=1S/C19H36O/c1-7-8-9-18-13-17(6)19(20-18)11-10-15(4)12-16(5)14(2)3/h15-19H,2,7-13H2,1,3-6H3. The summed E-state index contributed by atoms with van der Waals surface area (Å²) in [7, 11) is 0. The van der Waals surface area contributed by atoms with Crippen LogP contribution in [-0.4, -0.2) is 12.2 Å². The Bertz CT molecular complexity index is 283. The van der Waals surface area contributed by atoms with E-state index in [9.17, 15) is 0 Å². The fraction of sp³-hybridized carbons (Fsp3) is 0.895. The van der Waals surface area contributed by atoms with Gasteiger partial charge in [-0.2, -0.15) is 0 Å². The Morgan fingerprint density at radius 1 is 1.30 bits per heavy atom. The molecule has 5 unspecified atom stereocenters. The van der Waals surface area contributed by atoms with Crippen molar-refractivity contribution in [3.8, 4) is 0 Å².